The zero-order valence-electron chi connectivity index (χ0n) is 12.5. The number of carbonyl (C=O) groups is 1. The number of amides is 1. The van der Waals surface area contributed by atoms with Crippen LogP contribution in [0.3, 0.4) is 0 Å². The monoisotopic (exact) mass is 275 g/mol. The highest BCUT2D eigenvalue weighted by molar-refractivity contribution is 5.93. The molecule has 0 unspecified atom stereocenters. The molecule has 0 radical (unpaired) electrons. The second kappa shape index (κ2) is 6.75. The zero-order chi connectivity index (χ0) is 14.5. The van der Waals surface area contributed by atoms with E-state index < -0.39 is 0 Å². The molecule has 0 atom stereocenters. The topological polar surface area (TPSA) is 58.4 Å². The molecule has 3 N–H and O–H groups in total. The van der Waals surface area contributed by atoms with Crippen LogP contribution in [-0.4, -0.2) is 30.4 Å². The molecule has 1 amide bonds. The normalized spacial score (nSPS) is 14.6. The van der Waals surface area contributed by atoms with Crippen molar-refractivity contribution < 1.29 is 4.79 Å². The van der Waals surface area contributed by atoms with Crippen molar-refractivity contribution in [3.05, 3.63) is 23.8 Å². The van der Waals surface area contributed by atoms with Crippen molar-refractivity contribution in [2.24, 2.45) is 5.92 Å². The van der Waals surface area contributed by atoms with Crippen LogP contribution in [0.5, 0.6) is 0 Å². The molecule has 2 rings (SSSR count). The van der Waals surface area contributed by atoms with E-state index in [1.54, 1.807) is 0 Å². The maximum Gasteiger partial charge on any atom is 0.238 e. The average Bonchev–Trinajstić information content (AvgIpc) is 3.17. The second-order valence-electron chi connectivity index (χ2n) is 5.80. The fourth-order valence-electron chi connectivity index (χ4n) is 2.44. The fourth-order valence-corrected chi connectivity index (χ4v) is 2.44. The number of benzene rings is 1. The summed E-state index contributed by atoms with van der Waals surface area (Å²) < 4.78 is 0. The third-order valence-corrected chi connectivity index (χ3v) is 3.64. The summed E-state index contributed by atoms with van der Waals surface area (Å²) in [5, 5.41) is 2.98. The largest absolute Gasteiger partial charge is 0.399 e. The summed E-state index contributed by atoms with van der Waals surface area (Å²) in [5.41, 5.74) is 8.30. The van der Waals surface area contributed by atoms with Crippen molar-refractivity contribution in [3.63, 3.8) is 0 Å². The number of hydrogen-bond acceptors (Lipinski definition) is 3. The number of aryl methyl sites for hydroxylation is 1. The van der Waals surface area contributed by atoms with E-state index in [1.165, 1.54) is 12.8 Å². The lowest BCUT2D eigenvalue weighted by Crippen LogP contribution is -2.35. The smallest absolute Gasteiger partial charge is 0.238 e. The zero-order valence-corrected chi connectivity index (χ0v) is 12.5. The van der Waals surface area contributed by atoms with E-state index in [0.29, 0.717) is 6.54 Å². The molecule has 4 nitrogen and oxygen atoms in total. The highest BCUT2D eigenvalue weighted by Crippen LogP contribution is 2.29. The Balaban J connectivity index is 1.89. The molecule has 0 bridgehead atoms. The van der Waals surface area contributed by atoms with Gasteiger partial charge < -0.3 is 11.1 Å². The van der Waals surface area contributed by atoms with Crippen LogP contribution in [0, 0.1) is 12.8 Å². The summed E-state index contributed by atoms with van der Waals surface area (Å²) in [6.45, 7) is 6.64. The molecule has 4 heteroatoms. The van der Waals surface area contributed by atoms with Crippen molar-refractivity contribution in [1.29, 1.82) is 0 Å². The number of nitrogen functional groups attached to an aromatic ring is 1. The third-order valence-electron chi connectivity index (χ3n) is 3.64. The number of anilines is 2. The van der Waals surface area contributed by atoms with Gasteiger partial charge in [-0.15, -0.1) is 0 Å². The molecule has 0 heterocycles. The van der Waals surface area contributed by atoms with E-state index >= 15 is 0 Å². The van der Waals surface area contributed by atoms with E-state index in [1.807, 2.05) is 25.1 Å². The molecule has 0 aliphatic heterocycles. The molecule has 1 saturated carbocycles. The van der Waals surface area contributed by atoms with Crippen molar-refractivity contribution in [3.8, 4) is 0 Å². The van der Waals surface area contributed by atoms with Gasteiger partial charge in [0, 0.05) is 17.9 Å². The number of rotatable bonds is 7. The number of hydrogen-bond donors (Lipinski definition) is 2. The summed E-state index contributed by atoms with van der Waals surface area (Å²) in [6.07, 6.45) is 3.72. The minimum Gasteiger partial charge on any atom is -0.399 e. The van der Waals surface area contributed by atoms with E-state index in [-0.39, 0.29) is 5.91 Å². The fraction of sp³-hybridized carbons (Fsp3) is 0.562. The first-order valence-corrected chi connectivity index (χ1v) is 7.46. The number of nitrogens with one attached hydrogen (secondary N) is 1. The molecule has 1 aromatic rings. The second-order valence-corrected chi connectivity index (χ2v) is 5.80. The molecule has 1 aromatic carbocycles. The van der Waals surface area contributed by atoms with Crippen molar-refractivity contribution in [1.82, 2.24) is 4.90 Å². The van der Waals surface area contributed by atoms with E-state index in [0.717, 1.165) is 42.4 Å². The lowest BCUT2D eigenvalue weighted by atomic mass is 10.2. The highest BCUT2D eigenvalue weighted by atomic mass is 16.2. The maximum atomic E-state index is 12.2. The number of nitrogens with zero attached hydrogens (tertiary/aromatic N) is 1. The summed E-state index contributed by atoms with van der Waals surface area (Å²) in [6, 6.07) is 5.56. The number of carbonyl (C=O) groups excluding carboxylic acids is 1. The molecule has 110 valence electrons. The number of nitrogens with two attached hydrogens (primary N) is 1. The predicted molar refractivity (Wildman–Crippen MR) is 83.7 cm³/mol. The van der Waals surface area contributed by atoms with Crippen LogP contribution in [0.1, 0.15) is 31.7 Å². The van der Waals surface area contributed by atoms with E-state index in [4.69, 9.17) is 5.73 Å². The van der Waals surface area contributed by atoms with Gasteiger partial charge in [-0.1, -0.05) is 6.92 Å². The Hall–Kier alpha value is -1.55. The Labute approximate surface area is 121 Å². The standard InChI is InChI=1S/C16H25N3O/c1-3-8-19(10-13-4-5-13)11-16(20)18-15-7-6-14(17)9-12(15)2/h6-7,9,13H,3-5,8,10-11,17H2,1-2H3,(H,18,20). The Morgan fingerprint density at radius 3 is 2.80 bits per heavy atom. The SMILES string of the molecule is CCCN(CC(=O)Nc1ccc(N)cc1C)CC1CC1. The highest BCUT2D eigenvalue weighted by Gasteiger charge is 2.24. The summed E-state index contributed by atoms with van der Waals surface area (Å²) >= 11 is 0. The van der Waals surface area contributed by atoms with Crippen molar-refractivity contribution in [2.45, 2.75) is 33.1 Å². The van der Waals surface area contributed by atoms with Crippen LogP contribution in [0.15, 0.2) is 18.2 Å². The molecule has 1 aliphatic carbocycles. The molecule has 1 aliphatic rings. The van der Waals surface area contributed by atoms with Gasteiger partial charge in [0.25, 0.3) is 0 Å². The molecule has 0 saturated heterocycles. The quantitative estimate of drug-likeness (QED) is 0.752. The third kappa shape index (κ3) is 4.53. The summed E-state index contributed by atoms with van der Waals surface area (Å²) in [5.74, 6) is 0.875. The Kier molecular flexibility index (Phi) is 5.01. The van der Waals surface area contributed by atoms with Gasteiger partial charge in [0.2, 0.25) is 5.91 Å². The van der Waals surface area contributed by atoms with Gasteiger partial charge in [-0.25, -0.2) is 0 Å². The van der Waals surface area contributed by atoms with Crippen LogP contribution in [0.2, 0.25) is 0 Å². The lowest BCUT2D eigenvalue weighted by Gasteiger charge is -2.21. The molecule has 20 heavy (non-hydrogen) atoms. The van der Waals surface area contributed by atoms with Gasteiger partial charge in [0.05, 0.1) is 6.54 Å². The Morgan fingerprint density at radius 2 is 2.20 bits per heavy atom. The molecule has 0 aromatic heterocycles. The first kappa shape index (κ1) is 14.9. The predicted octanol–water partition coefficient (Wildman–Crippen LogP) is 2.64. The molecular formula is C16H25N3O. The van der Waals surface area contributed by atoms with Gasteiger partial charge in [0.1, 0.15) is 0 Å². The van der Waals surface area contributed by atoms with Gasteiger partial charge in [-0.3, -0.25) is 9.69 Å². The molecule has 1 fully saturated rings. The maximum absolute atomic E-state index is 12.2. The summed E-state index contributed by atoms with van der Waals surface area (Å²) in [7, 11) is 0. The van der Waals surface area contributed by atoms with Gasteiger partial charge in [-0.2, -0.15) is 0 Å². The van der Waals surface area contributed by atoms with Crippen molar-refractivity contribution >= 4 is 17.3 Å². The first-order valence-electron chi connectivity index (χ1n) is 7.46. The minimum absolute atomic E-state index is 0.0620. The van der Waals surface area contributed by atoms with Crippen LogP contribution in [-0.2, 0) is 4.79 Å². The Morgan fingerprint density at radius 1 is 1.45 bits per heavy atom. The Bertz CT molecular complexity index is 469. The molecule has 0 spiro atoms. The van der Waals surface area contributed by atoms with Crippen LogP contribution in [0.4, 0.5) is 11.4 Å². The lowest BCUT2D eigenvalue weighted by molar-refractivity contribution is -0.117. The van der Waals surface area contributed by atoms with Gasteiger partial charge in [0.15, 0.2) is 0 Å². The van der Waals surface area contributed by atoms with Crippen LogP contribution >= 0.6 is 0 Å². The van der Waals surface area contributed by atoms with Crippen molar-refractivity contribution in [2.75, 3.05) is 30.7 Å². The summed E-state index contributed by atoms with van der Waals surface area (Å²) in [4.78, 5) is 14.4. The van der Waals surface area contributed by atoms with E-state index in [9.17, 15) is 4.79 Å². The van der Waals surface area contributed by atoms with E-state index in [2.05, 4.69) is 17.1 Å². The van der Waals surface area contributed by atoms with Gasteiger partial charge >= 0.3 is 0 Å². The average molecular weight is 275 g/mol. The molecular weight excluding hydrogens is 250 g/mol. The first-order chi connectivity index (χ1) is 9.58. The van der Waals surface area contributed by atoms with Crippen LogP contribution < -0.4 is 11.1 Å². The minimum atomic E-state index is 0.0620. The van der Waals surface area contributed by atoms with Gasteiger partial charge in [-0.05, 0) is 62.4 Å². The van der Waals surface area contributed by atoms with Crippen LogP contribution in [0.25, 0.3) is 0 Å².